The molecule has 1 aromatic carbocycles. The molecule has 0 amide bonds. The van der Waals surface area contributed by atoms with Crippen LogP contribution in [0.4, 0.5) is 4.39 Å². The van der Waals surface area contributed by atoms with Crippen LogP contribution in [0.15, 0.2) is 34.9 Å². The van der Waals surface area contributed by atoms with Crippen LogP contribution in [0.2, 0.25) is 0 Å². The molecular formula is C17H21FN2O. The van der Waals surface area contributed by atoms with E-state index in [0.29, 0.717) is 0 Å². The van der Waals surface area contributed by atoms with E-state index in [0.717, 1.165) is 36.5 Å². The van der Waals surface area contributed by atoms with Gasteiger partial charge in [-0.25, -0.2) is 4.39 Å². The second kappa shape index (κ2) is 6.39. The fraction of sp³-hybridized carbons (Fsp3) is 0.471. The predicted octanol–water partition coefficient (Wildman–Crippen LogP) is 4.24. The Balaban J connectivity index is 1.80. The number of aryl methyl sites for hydroxylation is 1. The Kier molecular flexibility index (Phi) is 4.34. The number of likely N-dealkylation sites (tertiary alicyclic amines) is 1. The zero-order valence-corrected chi connectivity index (χ0v) is 12.4. The van der Waals surface area contributed by atoms with Crippen LogP contribution in [-0.4, -0.2) is 16.6 Å². The van der Waals surface area contributed by atoms with E-state index in [-0.39, 0.29) is 11.9 Å². The second-order valence-corrected chi connectivity index (χ2v) is 5.83. The maximum atomic E-state index is 13.0. The minimum atomic E-state index is -0.183. The molecule has 1 aliphatic rings. The summed E-state index contributed by atoms with van der Waals surface area (Å²) in [5.74, 6) is 0.772. The number of nitrogens with zero attached hydrogens (tertiary/aromatic N) is 2. The summed E-state index contributed by atoms with van der Waals surface area (Å²) < 4.78 is 18.5. The summed E-state index contributed by atoms with van der Waals surface area (Å²) in [7, 11) is 0. The number of aromatic nitrogens is 1. The molecule has 3 rings (SSSR count). The van der Waals surface area contributed by atoms with Gasteiger partial charge in [0.05, 0.1) is 11.7 Å². The van der Waals surface area contributed by atoms with E-state index in [1.807, 2.05) is 25.1 Å². The quantitative estimate of drug-likeness (QED) is 0.846. The van der Waals surface area contributed by atoms with Gasteiger partial charge in [0.15, 0.2) is 5.76 Å². The molecule has 0 unspecified atom stereocenters. The van der Waals surface area contributed by atoms with Crippen LogP contribution in [0.3, 0.4) is 0 Å². The van der Waals surface area contributed by atoms with Gasteiger partial charge >= 0.3 is 0 Å². The zero-order valence-electron chi connectivity index (χ0n) is 12.4. The normalized spacial score (nSPS) is 20.4. The van der Waals surface area contributed by atoms with Gasteiger partial charge in [0, 0.05) is 12.6 Å². The lowest BCUT2D eigenvalue weighted by atomic mass is 10.1. The number of benzene rings is 1. The molecule has 3 nitrogen and oxygen atoms in total. The zero-order chi connectivity index (χ0) is 14.7. The molecule has 1 atom stereocenters. The molecule has 0 bridgehead atoms. The van der Waals surface area contributed by atoms with Gasteiger partial charge in [-0.2, -0.15) is 0 Å². The molecule has 0 aliphatic carbocycles. The Morgan fingerprint density at radius 2 is 2.05 bits per heavy atom. The van der Waals surface area contributed by atoms with E-state index >= 15 is 0 Å². The minimum Gasteiger partial charge on any atom is -0.359 e. The summed E-state index contributed by atoms with van der Waals surface area (Å²) in [4.78, 5) is 2.43. The highest BCUT2D eigenvalue weighted by atomic mass is 19.1. The van der Waals surface area contributed by atoms with Gasteiger partial charge < -0.3 is 4.52 Å². The molecule has 112 valence electrons. The largest absolute Gasteiger partial charge is 0.359 e. The van der Waals surface area contributed by atoms with Gasteiger partial charge in [-0.1, -0.05) is 30.1 Å². The third-order valence-corrected chi connectivity index (χ3v) is 4.14. The SMILES string of the molecule is Cc1cc([C@@H]2CCCCCN2Cc2ccc(F)cc2)on1. The highest BCUT2D eigenvalue weighted by Crippen LogP contribution is 2.31. The molecule has 1 aliphatic heterocycles. The van der Waals surface area contributed by atoms with Gasteiger partial charge in [-0.3, -0.25) is 4.90 Å². The lowest BCUT2D eigenvalue weighted by Crippen LogP contribution is -2.27. The van der Waals surface area contributed by atoms with Gasteiger partial charge in [0.1, 0.15) is 5.82 Å². The second-order valence-electron chi connectivity index (χ2n) is 5.83. The van der Waals surface area contributed by atoms with E-state index < -0.39 is 0 Å². The molecule has 1 aromatic heterocycles. The monoisotopic (exact) mass is 288 g/mol. The van der Waals surface area contributed by atoms with E-state index in [1.54, 1.807) is 0 Å². The molecule has 4 heteroatoms. The number of hydrogen-bond donors (Lipinski definition) is 0. The molecule has 0 spiro atoms. The van der Waals surface area contributed by atoms with Crippen molar-refractivity contribution in [2.45, 2.75) is 45.2 Å². The van der Waals surface area contributed by atoms with Crippen molar-refractivity contribution in [3.05, 3.63) is 53.2 Å². The van der Waals surface area contributed by atoms with Crippen LogP contribution in [-0.2, 0) is 6.54 Å². The Morgan fingerprint density at radius 1 is 1.24 bits per heavy atom. The topological polar surface area (TPSA) is 29.3 Å². The van der Waals surface area contributed by atoms with Crippen molar-refractivity contribution in [2.75, 3.05) is 6.54 Å². The molecule has 21 heavy (non-hydrogen) atoms. The van der Waals surface area contributed by atoms with Gasteiger partial charge in [-0.15, -0.1) is 0 Å². The highest BCUT2D eigenvalue weighted by molar-refractivity contribution is 5.17. The predicted molar refractivity (Wildman–Crippen MR) is 79.3 cm³/mol. The fourth-order valence-electron chi connectivity index (χ4n) is 3.04. The Bertz CT molecular complexity index is 579. The van der Waals surface area contributed by atoms with Crippen molar-refractivity contribution < 1.29 is 8.91 Å². The molecule has 0 N–H and O–H groups in total. The van der Waals surface area contributed by atoms with Crippen molar-refractivity contribution in [3.8, 4) is 0 Å². The van der Waals surface area contributed by atoms with Crippen LogP contribution in [0.25, 0.3) is 0 Å². The first-order valence-corrected chi connectivity index (χ1v) is 7.64. The summed E-state index contributed by atoms with van der Waals surface area (Å²) in [6.45, 7) is 3.82. The summed E-state index contributed by atoms with van der Waals surface area (Å²) in [5.41, 5.74) is 2.07. The maximum absolute atomic E-state index is 13.0. The average Bonchev–Trinajstić information content (AvgIpc) is 2.77. The van der Waals surface area contributed by atoms with Crippen LogP contribution in [0.1, 0.15) is 48.7 Å². The van der Waals surface area contributed by atoms with Gasteiger partial charge in [0.2, 0.25) is 0 Å². The number of halogens is 1. The summed E-state index contributed by atoms with van der Waals surface area (Å²) in [6, 6.07) is 9.10. The van der Waals surface area contributed by atoms with Crippen molar-refractivity contribution in [3.63, 3.8) is 0 Å². The number of rotatable bonds is 3. The van der Waals surface area contributed by atoms with Gasteiger partial charge in [0.25, 0.3) is 0 Å². The van der Waals surface area contributed by atoms with Crippen LogP contribution >= 0.6 is 0 Å². The van der Waals surface area contributed by atoms with Gasteiger partial charge in [-0.05, 0) is 44.0 Å². The molecule has 2 heterocycles. The lowest BCUT2D eigenvalue weighted by molar-refractivity contribution is 0.160. The summed E-state index contributed by atoms with van der Waals surface area (Å²) >= 11 is 0. The number of hydrogen-bond acceptors (Lipinski definition) is 3. The molecular weight excluding hydrogens is 267 g/mol. The fourth-order valence-corrected chi connectivity index (χ4v) is 3.04. The first kappa shape index (κ1) is 14.3. The van der Waals surface area contributed by atoms with E-state index in [9.17, 15) is 4.39 Å². The van der Waals surface area contributed by atoms with Crippen molar-refractivity contribution in [2.24, 2.45) is 0 Å². The summed E-state index contributed by atoms with van der Waals surface area (Å²) in [5, 5.41) is 4.02. The molecule has 1 fully saturated rings. The Morgan fingerprint density at radius 3 is 2.76 bits per heavy atom. The molecule has 2 aromatic rings. The maximum Gasteiger partial charge on any atom is 0.154 e. The van der Waals surface area contributed by atoms with E-state index in [4.69, 9.17) is 4.52 Å². The minimum absolute atomic E-state index is 0.183. The van der Waals surface area contributed by atoms with E-state index in [2.05, 4.69) is 10.1 Å². The first-order valence-electron chi connectivity index (χ1n) is 7.64. The van der Waals surface area contributed by atoms with Crippen molar-refractivity contribution in [1.29, 1.82) is 0 Å². The molecule has 0 saturated carbocycles. The molecule has 0 radical (unpaired) electrons. The Hall–Kier alpha value is -1.68. The van der Waals surface area contributed by atoms with E-state index in [1.165, 1.54) is 31.4 Å². The molecule has 1 saturated heterocycles. The van der Waals surface area contributed by atoms with Crippen LogP contribution in [0, 0.1) is 12.7 Å². The third kappa shape index (κ3) is 3.50. The van der Waals surface area contributed by atoms with Crippen molar-refractivity contribution in [1.82, 2.24) is 10.1 Å². The average molecular weight is 288 g/mol. The Labute approximate surface area is 124 Å². The standard InChI is InChI=1S/C17H21FN2O/c1-13-11-17(21-19-13)16-5-3-2-4-10-20(16)12-14-6-8-15(18)9-7-14/h6-9,11,16H,2-5,10,12H2,1H3/t16-/m0/s1. The van der Waals surface area contributed by atoms with Crippen LogP contribution in [0.5, 0.6) is 0 Å². The van der Waals surface area contributed by atoms with Crippen LogP contribution < -0.4 is 0 Å². The third-order valence-electron chi connectivity index (χ3n) is 4.14. The highest BCUT2D eigenvalue weighted by Gasteiger charge is 2.25. The summed E-state index contributed by atoms with van der Waals surface area (Å²) in [6.07, 6.45) is 4.76. The lowest BCUT2D eigenvalue weighted by Gasteiger charge is -2.28. The first-order chi connectivity index (χ1) is 10.2. The smallest absolute Gasteiger partial charge is 0.154 e. The van der Waals surface area contributed by atoms with Crippen molar-refractivity contribution >= 4 is 0 Å².